The molecule has 0 spiro atoms. The van der Waals surface area contributed by atoms with E-state index in [0.29, 0.717) is 11.5 Å². The summed E-state index contributed by atoms with van der Waals surface area (Å²) in [4.78, 5) is 40.1. The van der Waals surface area contributed by atoms with Crippen molar-refractivity contribution in [1.29, 1.82) is 0 Å². The number of nitrogen functional groups attached to an aromatic ring is 1. The van der Waals surface area contributed by atoms with Crippen LogP contribution in [-0.4, -0.2) is 27.0 Å². The molecular weight excluding hydrogens is 470 g/mol. The van der Waals surface area contributed by atoms with E-state index in [-0.39, 0.29) is 35.1 Å². The molecular formula is C24H23N5O5S. The maximum absolute atomic E-state index is 13.7. The summed E-state index contributed by atoms with van der Waals surface area (Å²) in [5, 5.41) is 2.87. The van der Waals surface area contributed by atoms with Gasteiger partial charge in [-0.15, -0.1) is 0 Å². The maximum Gasteiger partial charge on any atom is 0.270 e. The first-order chi connectivity index (χ1) is 16.8. The SMILES string of the molecule is Cc1ccc(C(C(=O)NCc2ccccc2)N(Cc2ccco2)C(=O)c2snc(C(N)=O)c2N)o1. The average Bonchev–Trinajstić information content (AvgIpc) is 3.59. The Morgan fingerprint density at radius 1 is 1.11 bits per heavy atom. The highest BCUT2D eigenvalue weighted by Crippen LogP contribution is 2.31. The van der Waals surface area contributed by atoms with Gasteiger partial charge in [-0.3, -0.25) is 14.4 Å². The van der Waals surface area contributed by atoms with Gasteiger partial charge in [-0.05, 0) is 48.3 Å². The van der Waals surface area contributed by atoms with Crippen molar-refractivity contribution < 1.29 is 23.2 Å². The molecule has 3 heterocycles. The number of rotatable bonds is 9. The van der Waals surface area contributed by atoms with Crippen LogP contribution in [0.4, 0.5) is 5.69 Å². The number of primary amides is 1. The number of carbonyl (C=O) groups excluding carboxylic acids is 3. The summed E-state index contributed by atoms with van der Waals surface area (Å²) >= 11 is 0.733. The van der Waals surface area contributed by atoms with E-state index in [0.717, 1.165) is 17.1 Å². The van der Waals surface area contributed by atoms with E-state index >= 15 is 0 Å². The van der Waals surface area contributed by atoms with Gasteiger partial charge in [-0.25, -0.2) is 0 Å². The molecule has 0 saturated carbocycles. The Morgan fingerprint density at radius 3 is 2.49 bits per heavy atom. The van der Waals surface area contributed by atoms with Crippen LogP contribution >= 0.6 is 11.5 Å². The van der Waals surface area contributed by atoms with Crippen molar-refractivity contribution in [2.45, 2.75) is 26.1 Å². The second-order valence-electron chi connectivity index (χ2n) is 7.71. The molecule has 4 rings (SSSR count). The van der Waals surface area contributed by atoms with Crippen LogP contribution in [-0.2, 0) is 17.9 Å². The van der Waals surface area contributed by atoms with Gasteiger partial charge in [0, 0.05) is 6.54 Å². The minimum absolute atomic E-state index is 0.0190. The molecule has 0 aliphatic carbocycles. The molecule has 0 fully saturated rings. The fourth-order valence-corrected chi connectivity index (χ4v) is 4.28. The zero-order valence-corrected chi connectivity index (χ0v) is 19.6. The molecule has 0 radical (unpaired) electrons. The summed E-state index contributed by atoms with van der Waals surface area (Å²) < 4.78 is 15.1. The average molecular weight is 494 g/mol. The molecule has 35 heavy (non-hydrogen) atoms. The number of nitrogens with one attached hydrogen (secondary N) is 1. The lowest BCUT2D eigenvalue weighted by atomic mass is 10.1. The van der Waals surface area contributed by atoms with Crippen molar-refractivity contribution in [3.63, 3.8) is 0 Å². The number of anilines is 1. The van der Waals surface area contributed by atoms with E-state index in [1.165, 1.54) is 11.2 Å². The normalized spacial score (nSPS) is 11.7. The molecule has 180 valence electrons. The molecule has 0 aliphatic heterocycles. The molecule has 0 saturated heterocycles. The lowest BCUT2D eigenvalue weighted by Gasteiger charge is -2.29. The molecule has 0 aliphatic rings. The van der Waals surface area contributed by atoms with Gasteiger partial charge in [-0.2, -0.15) is 4.37 Å². The van der Waals surface area contributed by atoms with E-state index in [9.17, 15) is 14.4 Å². The van der Waals surface area contributed by atoms with Gasteiger partial charge in [0.25, 0.3) is 17.7 Å². The third-order valence-corrected chi connectivity index (χ3v) is 6.07. The molecule has 1 aromatic carbocycles. The third-order valence-electron chi connectivity index (χ3n) is 5.22. The van der Waals surface area contributed by atoms with Crippen LogP contribution in [0.1, 0.15) is 49.0 Å². The minimum Gasteiger partial charge on any atom is -0.467 e. The van der Waals surface area contributed by atoms with Gasteiger partial charge < -0.3 is 30.5 Å². The van der Waals surface area contributed by atoms with E-state index in [1.54, 1.807) is 31.2 Å². The monoisotopic (exact) mass is 493 g/mol. The van der Waals surface area contributed by atoms with Crippen LogP contribution in [0.5, 0.6) is 0 Å². The van der Waals surface area contributed by atoms with Gasteiger partial charge >= 0.3 is 0 Å². The number of nitrogens with zero attached hydrogens (tertiary/aromatic N) is 2. The number of aromatic nitrogens is 1. The zero-order chi connectivity index (χ0) is 24.9. The summed E-state index contributed by atoms with van der Waals surface area (Å²) in [6.45, 7) is 1.91. The fraction of sp³-hybridized carbons (Fsp3) is 0.167. The van der Waals surface area contributed by atoms with Gasteiger partial charge in [0.15, 0.2) is 11.7 Å². The lowest BCUT2D eigenvalue weighted by molar-refractivity contribution is -0.126. The molecule has 1 unspecified atom stereocenters. The molecule has 11 heteroatoms. The predicted octanol–water partition coefficient (Wildman–Crippen LogP) is 3.02. The number of nitrogens with two attached hydrogens (primary N) is 2. The smallest absolute Gasteiger partial charge is 0.270 e. The standard InChI is InChI=1S/C24H23N5O5S/c1-14-9-10-17(34-14)20(23(31)27-12-15-6-3-2-4-7-15)29(13-16-8-5-11-33-16)24(32)21-18(25)19(22(26)30)28-35-21/h2-11,20H,12-13,25H2,1H3,(H2,26,30)(H,27,31). The van der Waals surface area contributed by atoms with Crippen molar-refractivity contribution >= 4 is 34.9 Å². The Labute approximate surface area is 204 Å². The number of benzene rings is 1. The fourth-order valence-electron chi connectivity index (χ4n) is 3.52. The highest BCUT2D eigenvalue weighted by Gasteiger charge is 2.37. The maximum atomic E-state index is 13.7. The largest absolute Gasteiger partial charge is 0.467 e. The zero-order valence-electron chi connectivity index (χ0n) is 18.8. The molecule has 3 amide bonds. The van der Waals surface area contributed by atoms with Crippen LogP contribution in [0.3, 0.4) is 0 Å². The molecule has 3 aromatic heterocycles. The Morgan fingerprint density at radius 2 is 1.89 bits per heavy atom. The van der Waals surface area contributed by atoms with Gasteiger partial charge in [-0.1, -0.05) is 30.3 Å². The highest BCUT2D eigenvalue weighted by molar-refractivity contribution is 7.09. The third kappa shape index (κ3) is 5.25. The second kappa shape index (κ2) is 10.3. The van der Waals surface area contributed by atoms with E-state index in [4.69, 9.17) is 20.3 Å². The molecule has 0 bridgehead atoms. The minimum atomic E-state index is -1.16. The van der Waals surface area contributed by atoms with Crippen molar-refractivity contribution in [2.24, 2.45) is 5.73 Å². The molecule has 10 nitrogen and oxygen atoms in total. The van der Waals surface area contributed by atoms with E-state index in [1.807, 2.05) is 30.3 Å². The first kappa shape index (κ1) is 23.8. The predicted molar refractivity (Wildman–Crippen MR) is 128 cm³/mol. The summed E-state index contributed by atoms with van der Waals surface area (Å²) in [5.74, 6) is -0.695. The Hall–Kier alpha value is -4.38. The van der Waals surface area contributed by atoms with Gasteiger partial charge in [0.1, 0.15) is 22.2 Å². The number of amides is 3. The summed E-state index contributed by atoms with van der Waals surface area (Å²) in [6.07, 6.45) is 1.46. The molecule has 5 N–H and O–H groups in total. The van der Waals surface area contributed by atoms with Crippen molar-refractivity contribution in [3.8, 4) is 0 Å². The Balaban J connectivity index is 1.73. The van der Waals surface area contributed by atoms with Crippen LogP contribution < -0.4 is 16.8 Å². The van der Waals surface area contributed by atoms with E-state index in [2.05, 4.69) is 9.69 Å². The second-order valence-corrected chi connectivity index (χ2v) is 8.48. The molecule has 4 aromatic rings. The van der Waals surface area contributed by atoms with Crippen molar-refractivity contribution in [1.82, 2.24) is 14.6 Å². The van der Waals surface area contributed by atoms with Crippen molar-refractivity contribution in [3.05, 3.63) is 94.3 Å². The van der Waals surface area contributed by atoms with Crippen LogP contribution in [0.15, 0.2) is 69.7 Å². The Bertz CT molecular complexity index is 1330. The summed E-state index contributed by atoms with van der Waals surface area (Å²) in [5.41, 5.74) is 11.9. The molecule has 1 atom stereocenters. The van der Waals surface area contributed by atoms with Crippen molar-refractivity contribution in [2.75, 3.05) is 5.73 Å². The van der Waals surface area contributed by atoms with Crippen LogP contribution in [0.2, 0.25) is 0 Å². The summed E-state index contributed by atoms with van der Waals surface area (Å²) in [6, 6.07) is 14.9. The Kier molecular flexibility index (Phi) is 6.97. The number of hydrogen-bond acceptors (Lipinski definition) is 8. The number of carbonyl (C=O) groups is 3. The van der Waals surface area contributed by atoms with Gasteiger partial charge in [0.05, 0.1) is 18.5 Å². The highest BCUT2D eigenvalue weighted by atomic mass is 32.1. The van der Waals surface area contributed by atoms with Crippen LogP contribution in [0.25, 0.3) is 0 Å². The number of furan rings is 2. The topological polar surface area (TPSA) is 158 Å². The number of hydrogen-bond donors (Lipinski definition) is 3. The van der Waals surface area contributed by atoms with E-state index < -0.39 is 23.8 Å². The lowest BCUT2D eigenvalue weighted by Crippen LogP contribution is -2.43. The first-order valence-corrected chi connectivity index (χ1v) is 11.4. The first-order valence-electron chi connectivity index (χ1n) is 10.6. The van der Waals surface area contributed by atoms with Gasteiger partial charge in [0.2, 0.25) is 0 Å². The number of aryl methyl sites for hydroxylation is 1. The quantitative estimate of drug-likeness (QED) is 0.323. The summed E-state index contributed by atoms with van der Waals surface area (Å²) in [7, 11) is 0. The van der Waals surface area contributed by atoms with Crippen LogP contribution in [0, 0.1) is 6.92 Å².